The van der Waals surface area contributed by atoms with E-state index in [9.17, 15) is 9.90 Å². The molecule has 124 valence electrons. The van der Waals surface area contributed by atoms with Gasteiger partial charge >= 0.3 is 5.97 Å². The van der Waals surface area contributed by atoms with Crippen LogP contribution in [0.4, 0.5) is 0 Å². The second kappa shape index (κ2) is 7.40. The second-order valence-corrected chi connectivity index (χ2v) is 6.37. The first-order chi connectivity index (χ1) is 10.5. The maximum atomic E-state index is 11.2. The van der Waals surface area contributed by atoms with Gasteiger partial charge in [-0.25, -0.2) is 0 Å². The van der Waals surface area contributed by atoms with Gasteiger partial charge in [0.15, 0.2) is 0 Å². The maximum Gasteiger partial charge on any atom is 0.305 e. The van der Waals surface area contributed by atoms with Crippen LogP contribution in [0.5, 0.6) is 0 Å². The van der Waals surface area contributed by atoms with Gasteiger partial charge in [0.05, 0.1) is 38.1 Å². The standard InChI is InChI=1S/C16H25NO5/c1-11(9-17)7-12-3-5-14-16(10-18,22-12)8-13(21-14)4-6-15(19)20-2/h11-14,18H,3-8,10H2,1-2H3/t11-,12?,13+,14?,16?/m1/s1. The van der Waals surface area contributed by atoms with E-state index < -0.39 is 5.60 Å². The van der Waals surface area contributed by atoms with Crippen molar-refractivity contribution >= 4 is 5.97 Å². The number of ether oxygens (including phenoxy) is 3. The van der Waals surface area contributed by atoms with Gasteiger partial charge in [0.1, 0.15) is 5.60 Å². The minimum atomic E-state index is -0.682. The first-order valence-corrected chi connectivity index (χ1v) is 7.93. The summed E-state index contributed by atoms with van der Waals surface area (Å²) in [5, 5.41) is 18.8. The summed E-state index contributed by atoms with van der Waals surface area (Å²) in [7, 11) is 1.37. The molecule has 0 spiro atoms. The van der Waals surface area contributed by atoms with Crippen molar-refractivity contribution in [3.05, 3.63) is 0 Å². The van der Waals surface area contributed by atoms with Crippen molar-refractivity contribution in [1.82, 2.24) is 0 Å². The van der Waals surface area contributed by atoms with Crippen molar-refractivity contribution < 1.29 is 24.1 Å². The molecule has 0 amide bonds. The number of carbonyl (C=O) groups excluding carboxylic acids is 1. The molecule has 0 radical (unpaired) electrons. The summed E-state index contributed by atoms with van der Waals surface area (Å²) in [5.41, 5.74) is -0.682. The third-order valence-electron chi connectivity index (χ3n) is 4.67. The summed E-state index contributed by atoms with van der Waals surface area (Å²) in [6.07, 6.45) is 3.57. The van der Waals surface area contributed by atoms with E-state index in [0.717, 1.165) is 12.8 Å². The van der Waals surface area contributed by atoms with Crippen LogP contribution in [-0.4, -0.2) is 48.7 Å². The Morgan fingerprint density at radius 3 is 2.91 bits per heavy atom. The van der Waals surface area contributed by atoms with Crippen molar-refractivity contribution in [1.29, 1.82) is 5.26 Å². The third-order valence-corrected chi connectivity index (χ3v) is 4.67. The first-order valence-electron chi connectivity index (χ1n) is 7.93. The molecule has 0 aromatic carbocycles. The number of hydrogen-bond acceptors (Lipinski definition) is 6. The van der Waals surface area contributed by atoms with Crippen molar-refractivity contribution in [2.75, 3.05) is 13.7 Å². The highest BCUT2D eigenvalue weighted by Gasteiger charge is 2.52. The number of aliphatic hydroxyl groups excluding tert-OH is 1. The zero-order chi connectivity index (χ0) is 16.2. The molecular formula is C16H25NO5. The summed E-state index contributed by atoms with van der Waals surface area (Å²) in [6, 6.07) is 2.23. The van der Waals surface area contributed by atoms with E-state index in [4.69, 9.17) is 14.7 Å². The molecule has 5 atom stereocenters. The van der Waals surface area contributed by atoms with E-state index in [0.29, 0.717) is 25.7 Å². The van der Waals surface area contributed by atoms with Crippen LogP contribution in [0.15, 0.2) is 0 Å². The molecule has 3 unspecified atom stereocenters. The molecule has 0 saturated carbocycles. The Kier molecular flexibility index (Phi) is 5.79. The summed E-state index contributed by atoms with van der Waals surface area (Å²) in [6.45, 7) is 1.79. The Morgan fingerprint density at radius 2 is 2.27 bits per heavy atom. The quantitative estimate of drug-likeness (QED) is 0.749. The average Bonchev–Trinajstić information content (AvgIpc) is 2.90. The largest absolute Gasteiger partial charge is 0.469 e. The summed E-state index contributed by atoms with van der Waals surface area (Å²) < 4.78 is 16.8. The highest BCUT2D eigenvalue weighted by molar-refractivity contribution is 5.69. The molecule has 2 rings (SSSR count). The van der Waals surface area contributed by atoms with Crippen LogP contribution in [0.1, 0.15) is 45.4 Å². The van der Waals surface area contributed by atoms with Gasteiger partial charge in [-0.05, 0) is 32.6 Å². The fraction of sp³-hybridized carbons (Fsp3) is 0.875. The number of nitriles is 1. The molecule has 2 aliphatic heterocycles. The summed E-state index contributed by atoms with van der Waals surface area (Å²) in [5.74, 6) is -0.312. The van der Waals surface area contributed by atoms with E-state index in [1.54, 1.807) is 0 Å². The Hall–Kier alpha value is -1.16. The minimum absolute atomic E-state index is 0.0130. The van der Waals surface area contributed by atoms with Crippen LogP contribution in [-0.2, 0) is 19.0 Å². The minimum Gasteiger partial charge on any atom is -0.469 e. The van der Waals surface area contributed by atoms with E-state index in [2.05, 4.69) is 10.8 Å². The van der Waals surface area contributed by atoms with E-state index >= 15 is 0 Å². The van der Waals surface area contributed by atoms with Crippen molar-refractivity contribution in [3.63, 3.8) is 0 Å². The smallest absolute Gasteiger partial charge is 0.305 e. The summed E-state index contributed by atoms with van der Waals surface area (Å²) >= 11 is 0. The van der Waals surface area contributed by atoms with Gasteiger partial charge in [-0.15, -0.1) is 0 Å². The topological polar surface area (TPSA) is 88.8 Å². The molecule has 0 bridgehead atoms. The van der Waals surface area contributed by atoms with Gasteiger partial charge in [-0.2, -0.15) is 5.26 Å². The Balaban J connectivity index is 1.94. The number of methoxy groups -OCH3 is 1. The average molecular weight is 311 g/mol. The second-order valence-electron chi connectivity index (χ2n) is 6.37. The molecular weight excluding hydrogens is 286 g/mol. The number of hydrogen-bond donors (Lipinski definition) is 1. The van der Waals surface area contributed by atoms with Crippen LogP contribution < -0.4 is 0 Å². The third kappa shape index (κ3) is 3.78. The van der Waals surface area contributed by atoms with Crippen molar-refractivity contribution in [2.45, 2.75) is 69.4 Å². The predicted molar refractivity (Wildman–Crippen MR) is 77.8 cm³/mol. The molecule has 2 heterocycles. The Labute approximate surface area is 131 Å². The molecule has 2 fully saturated rings. The SMILES string of the molecule is COC(=O)CC[C@H]1CC2(CO)OC(C[C@@H](C)C#N)CCC2O1. The molecule has 6 nitrogen and oxygen atoms in total. The van der Waals surface area contributed by atoms with E-state index in [1.807, 2.05) is 6.92 Å². The number of aliphatic hydroxyl groups is 1. The van der Waals surface area contributed by atoms with Gasteiger partial charge in [-0.3, -0.25) is 4.79 Å². The zero-order valence-electron chi connectivity index (χ0n) is 13.3. The van der Waals surface area contributed by atoms with Crippen LogP contribution in [0.3, 0.4) is 0 Å². The van der Waals surface area contributed by atoms with E-state index in [1.165, 1.54) is 7.11 Å². The van der Waals surface area contributed by atoms with Gasteiger partial charge < -0.3 is 19.3 Å². The first kappa shape index (κ1) is 17.2. The molecule has 0 aromatic rings. The van der Waals surface area contributed by atoms with Gasteiger partial charge in [0, 0.05) is 18.8 Å². The van der Waals surface area contributed by atoms with Crippen LogP contribution in [0.25, 0.3) is 0 Å². The van der Waals surface area contributed by atoms with E-state index in [-0.39, 0.29) is 36.8 Å². The number of fused-ring (bicyclic) bond motifs is 1. The molecule has 0 aliphatic carbocycles. The molecule has 2 aliphatic rings. The van der Waals surface area contributed by atoms with Crippen LogP contribution in [0.2, 0.25) is 0 Å². The number of carbonyl (C=O) groups is 1. The van der Waals surface area contributed by atoms with Crippen molar-refractivity contribution in [3.8, 4) is 6.07 Å². The lowest BCUT2D eigenvalue weighted by molar-refractivity contribution is -0.185. The number of nitrogens with zero attached hydrogens (tertiary/aromatic N) is 1. The predicted octanol–water partition coefficient (Wildman–Crippen LogP) is 1.56. The molecule has 6 heteroatoms. The molecule has 0 aromatic heterocycles. The number of rotatable bonds is 6. The maximum absolute atomic E-state index is 11.2. The monoisotopic (exact) mass is 311 g/mol. The van der Waals surface area contributed by atoms with Crippen LogP contribution >= 0.6 is 0 Å². The Morgan fingerprint density at radius 1 is 1.50 bits per heavy atom. The molecule has 22 heavy (non-hydrogen) atoms. The lowest BCUT2D eigenvalue weighted by Gasteiger charge is -2.41. The Bertz CT molecular complexity index is 435. The lowest BCUT2D eigenvalue weighted by Crippen LogP contribution is -2.51. The highest BCUT2D eigenvalue weighted by Crippen LogP contribution is 2.43. The zero-order valence-corrected chi connectivity index (χ0v) is 13.3. The molecule has 1 N–H and O–H groups in total. The van der Waals surface area contributed by atoms with Crippen LogP contribution in [0, 0.1) is 17.2 Å². The van der Waals surface area contributed by atoms with Gasteiger partial charge in [0.25, 0.3) is 0 Å². The fourth-order valence-corrected chi connectivity index (χ4v) is 3.47. The van der Waals surface area contributed by atoms with Crippen molar-refractivity contribution in [2.24, 2.45) is 5.92 Å². The van der Waals surface area contributed by atoms with Gasteiger partial charge in [0.2, 0.25) is 0 Å². The summed E-state index contributed by atoms with van der Waals surface area (Å²) in [4.78, 5) is 11.2. The molecule has 2 saturated heterocycles. The van der Waals surface area contributed by atoms with Gasteiger partial charge in [-0.1, -0.05) is 0 Å². The number of esters is 1. The highest BCUT2D eigenvalue weighted by atomic mass is 16.6. The normalized spacial score (nSPS) is 35.5. The fourth-order valence-electron chi connectivity index (χ4n) is 3.47. The lowest BCUT2D eigenvalue weighted by atomic mass is 9.85.